The number of methoxy groups -OCH3 is 1. The summed E-state index contributed by atoms with van der Waals surface area (Å²) in [6.07, 6.45) is 4.48. The molecule has 0 saturated carbocycles. The van der Waals surface area contributed by atoms with Crippen LogP contribution in [0, 0.1) is 0 Å². The van der Waals surface area contributed by atoms with Crippen molar-refractivity contribution in [1.29, 1.82) is 0 Å². The molecule has 0 saturated heterocycles. The Morgan fingerprint density at radius 2 is 1.33 bits per heavy atom. The monoisotopic (exact) mass is 469 g/mol. The minimum atomic E-state index is 0.888. The molecule has 0 spiro atoms. The second-order valence-electron chi connectivity index (χ2n) is 5.52. The van der Waals surface area contributed by atoms with Gasteiger partial charge >= 0.3 is 0 Å². The predicted molar refractivity (Wildman–Crippen MR) is 130 cm³/mol. The van der Waals surface area contributed by atoms with Gasteiger partial charge in [0.05, 0.1) is 24.1 Å². The molecule has 0 amide bonds. The van der Waals surface area contributed by atoms with E-state index in [4.69, 9.17) is 4.74 Å². The molecule has 0 bridgehead atoms. The number of aromatic nitrogens is 1. The van der Waals surface area contributed by atoms with Gasteiger partial charge in [0.2, 0.25) is 0 Å². The van der Waals surface area contributed by atoms with E-state index in [9.17, 15) is 0 Å². The fraction of sp³-hybridized carbons (Fsp3) is 0.263. The molecule has 2 aromatic rings. The molecule has 27 heavy (non-hydrogen) atoms. The number of hydrogen-bond donors (Lipinski definition) is 0. The van der Waals surface area contributed by atoms with Crippen molar-refractivity contribution in [3.63, 3.8) is 0 Å². The summed E-state index contributed by atoms with van der Waals surface area (Å²) in [7, 11) is 1.70. The van der Waals surface area contributed by atoms with Crippen molar-refractivity contribution >= 4 is 70.6 Å². The van der Waals surface area contributed by atoms with Gasteiger partial charge in [0.1, 0.15) is 5.75 Å². The smallest absolute Gasteiger partial charge is 0.119 e. The summed E-state index contributed by atoms with van der Waals surface area (Å²) in [4.78, 5) is 2.70. The largest absolute Gasteiger partial charge is 0.497 e. The van der Waals surface area contributed by atoms with Gasteiger partial charge in [0, 0.05) is 27.9 Å². The van der Waals surface area contributed by atoms with Crippen LogP contribution in [0.1, 0.15) is 13.8 Å². The van der Waals surface area contributed by atoms with Crippen LogP contribution in [0.3, 0.4) is 0 Å². The number of nitrogens with zero attached hydrogens (tertiary/aromatic N) is 1. The third kappa shape index (κ3) is 4.41. The Bertz CT molecular complexity index is 854. The first-order valence-corrected chi connectivity index (χ1v) is 13.8. The van der Waals surface area contributed by atoms with E-state index >= 15 is 0 Å². The number of rotatable bonds is 6. The molecule has 3 heterocycles. The number of ether oxygens (including phenoxy) is 1. The Labute approximate surface area is 186 Å². The van der Waals surface area contributed by atoms with Crippen LogP contribution in [-0.2, 0) is 0 Å². The number of fused-ring (bicyclic) bond motifs is 1. The summed E-state index contributed by atoms with van der Waals surface area (Å²) in [5.41, 5.74) is 1.16. The molecule has 8 heteroatoms. The van der Waals surface area contributed by atoms with E-state index in [0.717, 1.165) is 22.9 Å². The summed E-state index contributed by atoms with van der Waals surface area (Å²) < 4.78 is 13.3. The third-order valence-electron chi connectivity index (χ3n) is 3.79. The van der Waals surface area contributed by atoms with Crippen molar-refractivity contribution < 1.29 is 4.74 Å². The summed E-state index contributed by atoms with van der Waals surface area (Å²) >= 11 is 11.7. The average molecular weight is 470 g/mol. The minimum absolute atomic E-state index is 0.888. The summed E-state index contributed by atoms with van der Waals surface area (Å²) in [5, 5.41) is 0. The number of thioether (sulfide) groups is 6. The Morgan fingerprint density at radius 3 is 1.81 bits per heavy atom. The third-order valence-corrected chi connectivity index (χ3v) is 12.1. The molecule has 2 aliphatic rings. The topological polar surface area (TPSA) is 14.2 Å². The highest BCUT2D eigenvalue weighted by molar-refractivity contribution is 8.42. The van der Waals surface area contributed by atoms with Gasteiger partial charge in [-0.25, -0.2) is 0 Å². The van der Waals surface area contributed by atoms with Crippen LogP contribution in [0.15, 0.2) is 63.4 Å². The molecule has 0 unspecified atom stereocenters. The van der Waals surface area contributed by atoms with Crippen LogP contribution in [0.5, 0.6) is 5.75 Å². The molecule has 142 valence electrons. The summed E-state index contributed by atoms with van der Waals surface area (Å²) in [6.45, 7) is 4.46. The molecule has 2 nitrogen and oxygen atoms in total. The van der Waals surface area contributed by atoms with Crippen molar-refractivity contribution in [2.75, 3.05) is 18.6 Å². The van der Waals surface area contributed by atoms with Gasteiger partial charge in [-0.1, -0.05) is 60.9 Å². The van der Waals surface area contributed by atoms with E-state index in [2.05, 4.69) is 42.9 Å². The van der Waals surface area contributed by atoms with E-state index in [0.29, 0.717) is 0 Å². The van der Waals surface area contributed by atoms with Gasteiger partial charge in [-0.2, -0.15) is 0 Å². The van der Waals surface area contributed by atoms with Gasteiger partial charge < -0.3 is 9.30 Å². The normalized spacial score (nSPS) is 16.4. The predicted octanol–water partition coefficient (Wildman–Crippen LogP) is 7.92. The standard InChI is InChI=1S/C19H19NOS6/c1-4-22-16-17(23-5-2)27-19(26-16)18-24-14-10-20(11-15(14)25-18)12-6-8-13(21-3)9-7-12/h6-11H,4-5H2,1-3H3. The van der Waals surface area contributed by atoms with E-state index in [1.165, 1.54) is 26.7 Å². The van der Waals surface area contributed by atoms with Crippen molar-refractivity contribution in [1.82, 2.24) is 4.57 Å². The van der Waals surface area contributed by atoms with E-state index < -0.39 is 0 Å². The first-order chi connectivity index (χ1) is 13.2. The van der Waals surface area contributed by atoms with Gasteiger partial charge in [-0.05, 0) is 35.8 Å². The fourth-order valence-corrected chi connectivity index (χ4v) is 11.0. The van der Waals surface area contributed by atoms with Crippen LogP contribution < -0.4 is 4.74 Å². The molecule has 0 atom stereocenters. The van der Waals surface area contributed by atoms with Gasteiger partial charge in [0.15, 0.2) is 0 Å². The zero-order chi connectivity index (χ0) is 18.8. The SMILES string of the molecule is CCSC1=C(SCC)SC(=C2Sc3cn(-c4ccc(OC)cc4)cc3S2)S1. The first kappa shape index (κ1) is 20.2. The molecule has 0 aliphatic carbocycles. The lowest BCUT2D eigenvalue weighted by Crippen LogP contribution is -1.90. The molecule has 1 aromatic heterocycles. The molecule has 0 fully saturated rings. The van der Waals surface area contributed by atoms with Crippen LogP contribution in [0.4, 0.5) is 0 Å². The van der Waals surface area contributed by atoms with Crippen molar-refractivity contribution in [2.45, 2.75) is 23.6 Å². The maximum Gasteiger partial charge on any atom is 0.119 e. The van der Waals surface area contributed by atoms with E-state index in [1.54, 1.807) is 7.11 Å². The number of benzene rings is 1. The van der Waals surface area contributed by atoms with Crippen molar-refractivity contribution in [3.05, 3.63) is 53.6 Å². The van der Waals surface area contributed by atoms with Gasteiger partial charge in [-0.3, -0.25) is 0 Å². The maximum absolute atomic E-state index is 5.25. The fourth-order valence-electron chi connectivity index (χ4n) is 2.57. The van der Waals surface area contributed by atoms with Crippen LogP contribution >= 0.6 is 70.6 Å². The highest BCUT2D eigenvalue weighted by Gasteiger charge is 2.29. The summed E-state index contributed by atoms with van der Waals surface area (Å²) in [6, 6.07) is 8.20. The molecule has 0 N–H and O–H groups in total. The molecular formula is C19H19NOS6. The highest BCUT2D eigenvalue weighted by atomic mass is 32.3. The average Bonchev–Trinajstić information content (AvgIpc) is 3.36. The number of hydrogen-bond acceptors (Lipinski definition) is 7. The maximum atomic E-state index is 5.25. The molecule has 1 aromatic carbocycles. The lowest BCUT2D eigenvalue weighted by atomic mass is 10.3. The van der Waals surface area contributed by atoms with E-state index in [-0.39, 0.29) is 0 Å². The first-order valence-electron chi connectivity index (χ1n) is 8.53. The quantitative estimate of drug-likeness (QED) is 0.421. The highest BCUT2D eigenvalue weighted by Crippen LogP contribution is 2.64. The lowest BCUT2D eigenvalue weighted by Gasteiger charge is -2.06. The van der Waals surface area contributed by atoms with E-state index in [1.807, 2.05) is 82.7 Å². The van der Waals surface area contributed by atoms with Gasteiger partial charge in [-0.15, -0.1) is 23.5 Å². The van der Waals surface area contributed by atoms with Crippen molar-refractivity contribution in [2.24, 2.45) is 0 Å². The Hall–Kier alpha value is -0.120. The lowest BCUT2D eigenvalue weighted by molar-refractivity contribution is 0.415. The summed E-state index contributed by atoms with van der Waals surface area (Å²) in [5.74, 6) is 3.15. The van der Waals surface area contributed by atoms with Gasteiger partial charge in [0.25, 0.3) is 0 Å². The Kier molecular flexibility index (Phi) is 6.82. The zero-order valence-electron chi connectivity index (χ0n) is 15.2. The Morgan fingerprint density at radius 1 is 0.815 bits per heavy atom. The van der Waals surface area contributed by atoms with Crippen molar-refractivity contribution in [3.8, 4) is 11.4 Å². The molecule has 0 radical (unpaired) electrons. The second kappa shape index (κ2) is 9.13. The second-order valence-corrected chi connectivity index (χ2v) is 13.2. The minimum Gasteiger partial charge on any atom is -0.497 e. The molecular weight excluding hydrogens is 451 g/mol. The van der Waals surface area contributed by atoms with Crippen LogP contribution in [-0.4, -0.2) is 23.2 Å². The van der Waals surface area contributed by atoms with Crippen LogP contribution in [0.2, 0.25) is 0 Å². The Balaban J connectivity index is 1.50. The molecule has 2 aliphatic heterocycles. The van der Waals surface area contributed by atoms with Crippen LogP contribution in [0.25, 0.3) is 5.69 Å². The molecule has 4 rings (SSSR count). The zero-order valence-corrected chi connectivity index (χ0v) is 20.1.